The summed E-state index contributed by atoms with van der Waals surface area (Å²) >= 11 is 0. The average molecular weight is 725 g/mol. The number of amides is 1. The standard InChI is InChI=1S/C36H40N2O14/c1-12(2)37-33(48)22-13(3)7-15-8-21(41)36(51-6)32(47)24-17(31(46)35(36,49)25(15)29(22)45)9-16-23(28(24)44)20(40)10-19(26(16)42)38-34-18(11-39)27(43)30(50-5)14(4)52-34/h7,9-10,12,14,18,21,27,30,34,38-39,41,43-45,49H,8,11H2,1-6H3,(H,37,48)/t14-,18?,21+,27-,30-,34?,35-,36+/m0/s1. The fourth-order valence-electron chi connectivity index (χ4n) is 8.16. The van der Waals surface area contributed by atoms with E-state index in [4.69, 9.17) is 14.2 Å². The molecule has 1 saturated heterocycles. The molecule has 0 saturated carbocycles. The lowest BCUT2D eigenvalue weighted by Gasteiger charge is -2.53. The van der Waals surface area contributed by atoms with Crippen molar-refractivity contribution in [3.63, 3.8) is 0 Å². The lowest BCUT2D eigenvalue weighted by Crippen LogP contribution is -2.73. The first kappa shape index (κ1) is 37.2. The van der Waals surface area contributed by atoms with Crippen LogP contribution in [0, 0.1) is 12.8 Å². The van der Waals surface area contributed by atoms with E-state index in [1.54, 1.807) is 20.8 Å². The molecule has 3 aliphatic carbocycles. The predicted octanol–water partition coefficient (Wildman–Crippen LogP) is -0.305. The van der Waals surface area contributed by atoms with Crippen LogP contribution in [0.15, 0.2) is 23.9 Å². The van der Waals surface area contributed by atoms with E-state index in [0.29, 0.717) is 0 Å². The molecule has 278 valence electrons. The number of ketones is 4. The fourth-order valence-corrected chi connectivity index (χ4v) is 8.16. The zero-order valence-electron chi connectivity index (χ0n) is 29.1. The van der Waals surface area contributed by atoms with Crippen LogP contribution in [0.1, 0.15) is 89.3 Å². The molecule has 6 rings (SSSR count). The highest BCUT2D eigenvalue weighted by molar-refractivity contribution is 6.31. The Morgan fingerprint density at radius 3 is 2.31 bits per heavy atom. The second-order valence-electron chi connectivity index (χ2n) is 13.9. The van der Waals surface area contributed by atoms with Crippen molar-refractivity contribution >= 4 is 29.0 Å². The van der Waals surface area contributed by atoms with E-state index in [2.05, 4.69) is 10.6 Å². The van der Waals surface area contributed by atoms with E-state index >= 15 is 0 Å². The number of phenolic OH excluding ortho intramolecular Hbond substituents is 2. The van der Waals surface area contributed by atoms with Gasteiger partial charge in [0.1, 0.15) is 23.8 Å². The average Bonchev–Trinajstić information content (AvgIpc) is 3.05. The number of ether oxygens (including phenoxy) is 3. The summed E-state index contributed by atoms with van der Waals surface area (Å²) in [5, 5.41) is 73.4. The lowest BCUT2D eigenvalue weighted by molar-refractivity contribution is -0.214. The fraction of sp³-hybridized carbons (Fsp3) is 0.472. The highest BCUT2D eigenvalue weighted by atomic mass is 16.6. The maximum atomic E-state index is 14.7. The molecule has 0 radical (unpaired) electrons. The van der Waals surface area contributed by atoms with Gasteiger partial charge in [-0.15, -0.1) is 0 Å². The summed E-state index contributed by atoms with van der Waals surface area (Å²) in [6.45, 7) is 5.83. The van der Waals surface area contributed by atoms with Crippen LogP contribution in [-0.4, -0.2) is 123 Å². The molecule has 1 heterocycles. The number of carbonyl (C=O) groups excluding carboxylic acids is 5. The first-order valence-electron chi connectivity index (χ1n) is 16.6. The van der Waals surface area contributed by atoms with Crippen LogP contribution in [0.4, 0.5) is 0 Å². The number of carbonyl (C=O) groups is 5. The summed E-state index contributed by atoms with van der Waals surface area (Å²) in [6.07, 6.45) is -5.59. The van der Waals surface area contributed by atoms with E-state index in [1.165, 1.54) is 20.1 Å². The molecule has 0 spiro atoms. The zero-order valence-corrected chi connectivity index (χ0v) is 29.1. The number of aliphatic hydroxyl groups is 4. The molecular weight excluding hydrogens is 684 g/mol. The van der Waals surface area contributed by atoms with Gasteiger partial charge in [-0.05, 0) is 44.9 Å². The number of methoxy groups -OCH3 is 2. The van der Waals surface area contributed by atoms with E-state index in [0.717, 1.165) is 19.3 Å². The summed E-state index contributed by atoms with van der Waals surface area (Å²) in [7, 11) is 2.28. The lowest BCUT2D eigenvalue weighted by atomic mass is 9.56. The summed E-state index contributed by atoms with van der Waals surface area (Å²) < 4.78 is 16.6. The smallest absolute Gasteiger partial charge is 0.255 e. The molecule has 0 bridgehead atoms. The summed E-state index contributed by atoms with van der Waals surface area (Å²) in [5.41, 5.74) is -9.92. The van der Waals surface area contributed by atoms with Crippen LogP contribution in [0.5, 0.6) is 11.5 Å². The largest absolute Gasteiger partial charge is 0.507 e. The minimum absolute atomic E-state index is 0.0178. The second kappa shape index (κ2) is 12.8. The second-order valence-corrected chi connectivity index (χ2v) is 13.9. The minimum Gasteiger partial charge on any atom is -0.507 e. The Kier molecular flexibility index (Phi) is 9.19. The molecule has 52 heavy (non-hydrogen) atoms. The van der Waals surface area contributed by atoms with Crippen molar-refractivity contribution in [3.05, 3.63) is 68.4 Å². The number of rotatable bonds is 7. The van der Waals surface area contributed by atoms with Crippen LogP contribution >= 0.6 is 0 Å². The first-order valence-corrected chi connectivity index (χ1v) is 16.6. The van der Waals surface area contributed by atoms with E-state index in [1.807, 2.05) is 0 Å². The van der Waals surface area contributed by atoms with Gasteiger partial charge in [-0.1, -0.05) is 6.07 Å². The highest BCUT2D eigenvalue weighted by Crippen LogP contribution is 2.56. The Morgan fingerprint density at radius 1 is 1.04 bits per heavy atom. The van der Waals surface area contributed by atoms with Crippen molar-refractivity contribution in [1.82, 2.24) is 10.6 Å². The third-order valence-corrected chi connectivity index (χ3v) is 10.5. The molecule has 2 aromatic rings. The van der Waals surface area contributed by atoms with Crippen LogP contribution < -0.4 is 10.6 Å². The number of hydrogen-bond acceptors (Lipinski definition) is 15. The first-order chi connectivity index (χ1) is 24.4. The van der Waals surface area contributed by atoms with Gasteiger partial charge in [0, 0.05) is 49.4 Å². The molecule has 1 amide bonds. The summed E-state index contributed by atoms with van der Waals surface area (Å²) in [6, 6.07) is 1.85. The van der Waals surface area contributed by atoms with Crippen molar-refractivity contribution in [2.75, 3.05) is 20.8 Å². The topological polar surface area (TPSA) is 258 Å². The SMILES string of the molecule is CO[C@H]1[C@H](C)OC(NC2=CC(=O)c3c(cc4c(c3O)C(=O)[C@]3(OC)[C@H](O)Cc5cc(C)c(C(=O)NC(C)C)c(O)c5[C@]3(O)C4=O)C2=O)C(CO)[C@@H]1O. The Balaban J connectivity index is 1.51. The van der Waals surface area contributed by atoms with Crippen molar-refractivity contribution in [2.45, 2.75) is 82.0 Å². The number of allylic oxidation sites excluding steroid dienone is 2. The van der Waals surface area contributed by atoms with Crippen molar-refractivity contribution in [2.24, 2.45) is 5.92 Å². The third-order valence-electron chi connectivity index (χ3n) is 10.5. The molecule has 2 unspecified atom stereocenters. The predicted molar refractivity (Wildman–Crippen MR) is 177 cm³/mol. The molecule has 2 aromatic carbocycles. The zero-order chi connectivity index (χ0) is 38.4. The number of fused-ring (bicyclic) bond motifs is 5. The van der Waals surface area contributed by atoms with Gasteiger partial charge in [0.05, 0.1) is 53.2 Å². The Morgan fingerprint density at radius 2 is 1.71 bits per heavy atom. The highest BCUT2D eigenvalue weighted by Gasteiger charge is 2.72. The van der Waals surface area contributed by atoms with Gasteiger partial charge in [-0.2, -0.15) is 0 Å². The normalized spacial score (nSPS) is 31.0. The van der Waals surface area contributed by atoms with Crippen molar-refractivity contribution in [3.8, 4) is 11.5 Å². The van der Waals surface area contributed by atoms with Gasteiger partial charge >= 0.3 is 0 Å². The Hall–Kier alpha value is -4.55. The number of aromatic hydroxyl groups is 2. The van der Waals surface area contributed by atoms with Gasteiger partial charge < -0.3 is 55.5 Å². The monoisotopic (exact) mass is 724 g/mol. The van der Waals surface area contributed by atoms with Crippen molar-refractivity contribution < 1.29 is 68.8 Å². The van der Waals surface area contributed by atoms with Gasteiger partial charge in [0.2, 0.25) is 17.3 Å². The molecular formula is C36H40N2O14. The number of nitrogens with one attached hydrogen (secondary N) is 2. The van der Waals surface area contributed by atoms with Crippen LogP contribution in [0.2, 0.25) is 0 Å². The number of hydrogen-bond donors (Lipinski definition) is 8. The maximum Gasteiger partial charge on any atom is 0.255 e. The Labute approximate surface area is 297 Å². The van der Waals surface area contributed by atoms with Gasteiger partial charge in [0.25, 0.3) is 5.91 Å². The quantitative estimate of drug-likeness (QED) is 0.182. The number of phenols is 2. The van der Waals surface area contributed by atoms with Gasteiger partial charge in [-0.25, -0.2) is 0 Å². The number of benzene rings is 2. The maximum absolute atomic E-state index is 14.7. The Bertz CT molecular complexity index is 1970. The van der Waals surface area contributed by atoms with Crippen LogP contribution in [-0.2, 0) is 26.2 Å². The molecule has 8 atom stereocenters. The number of Topliss-reactive ketones (excluding diaryl/α,β-unsaturated/α-hetero) is 3. The van der Waals surface area contributed by atoms with Crippen LogP contribution in [0.25, 0.3) is 0 Å². The number of aryl methyl sites for hydroxylation is 1. The molecule has 1 fully saturated rings. The molecule has 1 aliphatic heterocycles. The number of aliphatic hydroxyl groups excluding tert-OH is 3. The van der Waals surface area contributed by atoms with Gasteiger partial charge in [0.15, 0.2) is 17.0 Å². The summed E-state index contributed by atoms with van der Waals surface area (Å²) in [5.74, 6) is -8.38. The van der Waals surface area contributed by atoms with E-state index < -0.39 is 135 Å². The third kappa shape index (κ3) is 4.89. The van der Waals surface area contributed by atoms with E-state index in [-0.39, 0.29) is 22.7 Å². The molecule has 4 aliphatic rings. The molecule has 16 heteroatoms. The minimum atomic E-state index is -3.22. The van der Waals surface area contributed by atoms with Crippen LogP contribution in [0.3, 0.4) is 0 Å². The summed E-state index contributed by atoms with van der Waals surface area (Å²) in [4.78, 5) is 69.9. The molecule has 8 N–H and O–H groups in total. The van der Waals surface area contributed by atoms with Crippen molar-refractivity contribution in [1.29, 1.82) is 0 Å². The molecule has 16 nitrogen and oxygen atoms in total. The van der Waals surface area contributed by atoms with E-state index in [9.17, 15) is 54.6 Å². The molecule has 0 aromatic heterocycles. The van der Waals surface area contributed by atoms with Gasteiger partial charge in [-0.3, -0.25) is 24.0 Å².